The van der Waals surface area contributed by atoms with Crippen molar-refractivity contribution in [3.63, 3.8) is 0 Å². The Morgan fingerprint density at radius 1 is 1.36 bits per heavy atom. The van der Waals surface area contributed by atoms with Gasteiger partial charge in [-0.15, -0.1) is 0 Å². The van der Waals surface area contributed by atoms with Crippen molar-refractivity contribution < 1.29 is 9.53 Å². The molecule has 3 nitrogen and oxygen atoms in total. The number of carbonyl (C=O) groups excluding carboxylic acids is 1. The average Bonchev–Trinajstić information content (AvgIpc) is 2.11. The Labute approximate surface area is 87.2 Å². The van der Waals surface area contributed by atoms with E-state index >= 15 is 0 Å². The molecule has 0 spiro atoms. The number of nitrogens with one attached hydrogen (secondary N) is 1. The van der Waals surface area contributed by atoms with Crippen molar-refractivity contribution in [3.05, 3.63) is 0 Å². The highest BCUT2D eigenvalue weighted by molar-refractivity contribution is 5.75. The summed E-state index contributed by atoms with van der Waals surface area (Å²) in [5.74, 6) is 0.482. The van der Waals surface area contributed by atoms with Crippen LogP contribution in [-0.2, 0) is 9.53 Å². The molecule has 2 atom stereocenters. The predicted octanol–water partition coefficient (Wildman–Crippen LogP) is 1.96. The van der Waals surface area contributed by atoms with Crippen molar-refractivity contribution in [2.45, 2.75) is 52.6 Å². The van der Waals surface area contributed by atoms with E-state index in [0.717, 1.165) is 12.8 Å². The van der Waals surface area contributed by atoms with Gasteiger partial charge >= 0.3 is 5.97 Å². The van der Waals surface area contributed by atoms with Crippen molar-refractivity contribution in [1.82, 2.24) is 5.32 Å². The van der Waals surface area contributed by atoms with Gasteiger partial charge in [0.05, 0.1) is 7.11 Å². The van der Waals surface area contributed by atoms with Crippen LogP contribution in [0.5, 0.6) is 0 Å². The molecule has 84 valence electrons. The molecule has 0 aliphatic rings. The lowest BCUT2D eigenvalue weighted by atomic mass is 10.0. The van der Waals surface area contributed by atoms with Gasteiger partial charge in [0.25, 0.3) is 0 Å². The molecule has 0 amide bonds. The second kappa shape index (κ2) is 6.82. The first-order valence-corrected chi connectivity index (χ1v) is 5.35. The Bertz CT molecular complexity index is 169. The third kappa shape index (κ3) is 5.22. The second-order valence-electron chi connectivity index (χ2n) is 4.18. The number of hydrogen-bond acceptors (Lipinski definition) is 3. The van der Waals surface area contributed by atoms with E-state index in [2.05, 4.69) is 26.1 Å². The highest BCUT2D eigenvalue weighted by Crippen LogP contribution is 2.06. The number of rotatable bonds is 6. The van der Waals surface area contributed by atoms with Crippen LogP contribution < -0.4 is 5.32 Å². The summed E-state index contributed by atoms with van der Waals surface area (Å²) in [6.07, 6.45) is 1.85. The van der Waals surface area contributed by atoms with Crippen LogP contribution in [0.15, 0.2) is 0 Å². The van der Waals surface area contributed by atoms with Gasteiger partial charge in [0.1, 0.15) is 6.04 Å². The van der Waals surface area contributed by atoms with E-state index in [-0.39, 0.29) is 12.0 Å². The van der Waals surface area contributed by atoms with Gasteiger partial charge in [-0.05, 0) is 25.7 Å². The van der Waals surface area contributed by atoms with E-state index in [4.69, 9.17) is 4.74 Å². The van der Waals surface area contributed by atoms with Gasteiger partial charge in [-0.3, -0.25) is 4.79 Å². The number of carbonyl (C=O) groups is 1. The third-order valence-corrected chi connectivity index (χ3v) is 2.20. The molecule has 0 heterocycles. The number of hydrogen-bond donors (Lipinski definition) is 1. The molecule has 1 N–H and O–H groups in total. The number of ether oxygens (including phenoxy) is 1. The maximum atomic E-state index is 11.3. The Hall–Kier alpha value is -0.570. The second-order valence-corrected chi connectivity index (χ2v) is 4.18. The number of methoxy groups -OCH3 is 1. The van der Waals surface area contributed by atoms with Crippen LogP contribution in [-0.4, -0.2) is 25.2 Å². The molecule has 0 fully saturated rings. The highest BCUT2D eigenvalue weighted by Gasteiger charge is 2.18. The lowest BCUT2D eigenvalue weighted by Gasteiger charge is -2.21. The van der Waals surface area contributed by atoms with Crippen LogP contribution >= 0.6 is 0 Å². The highest BCUT2D eigenvalue weighted by atomic mass is 16.5. The largest absolute Gasteiger partial charge is 0.468 e. The minimum absolute atomic E-state index is 0.159. The van der Waals surface area contributed by atoms with Crippen molar-refractivity contribution in [1.29, 1.82) is 0 Å². The fourth-order valence-electron chi connectivity index (χ4n) is 1.61. The lowest BCUT2D eigenvalue weighted by Crippen LogP contribution is -2.42. The van der Waals surface area contributed by atoms with E-state index in [0.29, 0.717) is 12.0 Å². The predicted molar refractivity (Wildman–Crippen MR) is 58.1 cm³/mol. The first kappa shape index (κ1) is 13.4. The summed E-state index contributed by atoms with van der Waals surface area (Å²) >= 11 is 0. The minimum Gasteiger partial charge on any atom is -0.468 e. The van der Waals surface area contributed by atoms with Crippen molar-refractivity contribution in [2.75, 3.05) is 7.11 Å². The Morgan fingerprint density at radius 2 is 1.93 bits per heavy atom. The zero-order chi connectivity index (χ0) is 11.1. The zero-order valence-corrected chi connectivity index (χ0v) is 9.96. The standard InChI is InChI=1S/C11H23NO2/c1-6-10(11(13)14-5)12-9(4)7-8(2)3/h8-10,12H,6-7H2,1-5H3. The summed E-state index contributed by atoms with van der Waals surface area (Å²) in [6, 6.07) is 0.202. The molecular weight excluding hydrogens is 178 g/mol. The van der Waals surface area contributed by atoms with Crippen LogP contribution in [0.4, 0.5) is 0 Å². The monoisotopic (exact) mass is 201 g/mol. The summed E-state index contributed by atoms with van der Waals surface area (Å²) in [4.78, 5) is 11.3. The molecule has 0 radical (unpaired) electrons. The van der Waals surface area contributed by atoms with Crippen LogP contribution in [0.3, 0.4) is 0 Å². The van der Waals surface area contributed by atoms with Crippen molar-refractivity contribution in [2.24, 2.45) is 5.92 Å². The fraction of sp³-hybridized carbons (Fsp3) is 0.909. The van der Waals surface area contributed by atoms with Gasteiger partial charge < -0.3 is 10.1 Å². The molecule has 0 bridgehead atoms. The van der Waals surface area contributed by atoms with Crippen molar-refractivity contribution in [3.8, 4) is 0 Å². The van der Waals surface area contributed by atoms with Gasteiger partial charge in [-0.1, -0.05) is 20.8 Å². The molecule has 0 rings (SSSR count). The van der Waals surface area contributed by atoms with E-state index in [9.17, 15) is 4.79 Å². The van der Waals surface area contributed by atoms with Gasteiger partial charge in [-0.2, -0.15) is 0 Å². The van der Waals surface area contributed by atoms with E-state index in [1.54, 1.807) is 0 Å². The fourth-order valence-corrected chi connectivity index (χ4v) is 1.61. The third-order valence-electron chi connectivity index (χ3n) is 2.20. The van der Waals surface area contributed by atoms with Gasteiger partial charge in [0.15, 0.2) is 0 Å². The minimum atomic E-state index is -0.164. The zero-order valence-electron chi connectivity index (χ0n) is 9.96. The van der Waals surface area contributed by atoms with E-state index < -0.39 is 0 Å². The normalized spacial score (nSPS) is 15.3. The first-order valence-electron chi connectivity index (χ1n) is 5.35. The molecular formula is C11H23NO2. The van der Waals surface area contributed by atoms with Gasteiger partial charge in [-0.25, -0.2) is 0 Å². The Morgan fingerprint density at radius 3 is 2.29 bits per heavy atom. The lowest BCUT2D eigenvalue weighted by molar-refractivity contribution is -0.143. The topological polar surface area (TPSA) is 38.3 Å². The summed E-state index contributed by atoms with van der Waals surface area (Å²) in [7, 11) is 1.43. The summed E-state index contributed by atoms with van der Waals surface area (Å²) < 4.78 is 4.71. The molecule has 2 unspecified atom stereocenters. The molecule has 0 aliphatic heterocycles. The van der Waals surface area contributed by atoms with Crippen molar-refractivity contribution >= 4 is 5.97 Å². The molecule has 3 heteroatoms. The van der Waals surface area contributed by atoms with Crippen LogP contribution in [0, 0.1) is 5.92 Å². The molecule has 0 aliphatic carbocycles. The van der Waals surface area contributed by atoms with Crippen LogP contribution in [0.2, 0.25) is 0 Å². The van der Waals surface area contributed by atoms with E-state index in [1.165, 1.54) is 7.11 Å². The molecule has 0 aromatic carbocycles. The van der Waals surface area contributed by atoms with E-state index in [1.807, 2.05) is 6.92 Å². The Balaban J connectivity index is 3.98. The smallest absolute Gasteiger partial charge is 0.322 e. The SMILES string of the molecule is CCC(NC(C)CC(C)C)C(=O)OC. The quantitative estimate of drug-likeness (QED) is 0.668. The van der Waals surface area contributed by atoms with Gasteiger partial charge in [0, 0.05) is 6.04 Å². The maximum absolute atomic E-state index is 11.3. The summed E-state index contributed by atoms with van der Waals surface area (Å²) in [5, 5.41) is 3.27. The summed E-state index contributed by atoms with van der Waals surface area (Å²) in [5.41, 5.74) is 0. The average molecular weight is 201 g/mol. The van der Waals surface area contributed by atoms with Crippen LogP contribution in [0.25, 0.3) is 0 Å². The molecule has 14 heavy (non-hydrogen) atoms. The summed E-state index contributed by atoms with van der Waals surface area (Å²) in [6.45, 7) is 8.44. The molecule has 0 saturated carbocycles. The Kier molecular flexibility index (Phi) is 6.54. The molecule has 0 aromatic heterocycles. The molecule has 0 saturated heterocycles. The van der Waals surface area contributed by atoms with Gasteiger partial charge in [0.2, 0.25) is 0 Å². The maximum Gasteiger partial charge on any atom is 0.322 e. The van der Waals surface area contributed by atoms with Crippen LogP contribution in [0.1, 0.15) is 40.5 Å². The molecule has 0 aromatic rings. The number of esters is 1. The first-order chi connectivity index (χ1) is 6.51.